The van der Waals surface area contributed by atoms with Gasteiger partial charge in [0.15, 0.2) is 5.78 Å². The van der Waals surface area contributed by atoms with Crippen molar-refractivity contribution >= 4 is 5.78 Å². The molecule has 2 saturated heterocycles. The van der Waals surface area contributed by atoms with Crippen LogP contribution in [0.25, 0.3) is 0 Å². The van der Waals surface area contributed by atoms with E-state index in [1.165, 1.54) is 6.42 Å². The fourth-order valence-corrected chi connectivity index (χ4v) is 2.83. The summed E-state index contributed by atoms with van der Waals surface area (Å²) >= 11 is 0. The maximum Gasteiger partial charge on any atom is 0.153 e. The van der Waals surface area contributed by atoms with Crippen LogP contribution < -0.4 is 5.73 Å². The Kier molecular flexibility index (Phi) is 2.88. The van der Waals surface area contributed by atoms with E-state index in [2.05, 4.69) is 4.90 Å². The molecule has 2 aliphatic heterocycles. The van der Waals surface area contributed by atoms with Crippen LogP contribution in [0.3, 0.4) is 0 Å². The first-order chi connectivity index (χ1) is 6.79. The molecule has 0 bridgehead atoms. The first-order valence-corrected chi connectivity index (χ1v) is 5.78. The summed E-state index contributed by atoms with van der Waals surface area (Å²) < 4.78 is 0. The fraction of sp³-hybridized carbons (Fsp3) is 0.909. The highest BCUT2D eigenvalue weighted by molar-refractivity contribution is 5.89. The lowest BCUT2D eigenvalue weighted by Gasteiger charge is -2.47. The summed E-state index contributed by atoms with van der Waals surface area (Å²) in [4.78, 5) is 14.4. The van der Waals surface area contributed by atoms with Crippen LogP contribution in [0.15, 0.2) is 0 Å². The summed E-state index contributed by atoms with van der Waals surface area (Å²) in [6.45, 7) is 3.00. The normalized spacial score (nSPS) is 31.2. The molecule has 2 N–H and O–H groups in total. The van der Waals surface area contributed by atoms with E-state index in [0.717, 1.165) is 45.2 Å². The van der Waals surface area contributed by atoms with Gasteiger partial charge in [-0.1, -0.05) is 0 Å². The molecule has 2 rings (SSSR count). The van der Waals surface area contributed by atoms with Crippen molar-refractivity contribution in [3.8, 4) is 0 Å². The summed E-state index contributed by atoms with van der Waals surface area (Å²) in [7, 11) is 0. The van der Waals surface area contributed by atoms with Gasteiger partial charge in [-0.25, -0.2) is 0 Å². The maximum absolute atomic E-state index is 12.0. The third kappa shape index (κ3) is 1.48. The molecule has 0 radical (unpaired) electrons. The Hall–Kier alpha value is -0.410. The summed E-state index contributed by atoms with van der Waals surface area (Å²) in [6, 6.07) is 0. The first kappa shape index (κ1) is 10.1. The molecule has 0 spiro atoms. The van der Waals surface area contributed by atoms with Crippen molar-refractivity contribution in [2.24, 2.45) is 5.73 Å². The third-order valence-corrected chi connectivity index (χ3v) is 3.80. The average molecular weight is 196 g/mol. The quantitative estimate of drug-likeness (QED) is 0.665. The number of carbonyl (C=O) groups is 1. The van der Waals surface area contributed by atoms with Gasteiger partial charge in [-0.15, -0.1) is 0 Å². The summed E-state index contributed by atoms with van der Waals surface area (Å²) in [5.41, 5.74) is 5.42. The van der Waals surface area contributed by atoms with Crippen molar-refractivity contribution in [3.63, 3.8) is 0 Å². The standard InChI is InChI=1S/C11H20N2O/c12-7-2-1-4-10(14)11-5-3-8-13(11)9-6-11/h1-9,12H2. The van der Waals surface area contributed by atoms with Crippen molar-refractivity contribution in [3.05, 3.63) is 0 Å². The molecule has 3 heteroatoms. The van der Waals surface area contributed by atoms with Gasteiger partial charge in [0.1, 0.15) is 0 Å². The topological polar surface area (TPSA) is 46.3 Å². The van der Waals surface area contributed by atoms with Crippen LogP contribution in [0.5, 0.6) is 0 Å². The van der Waals surface area contributed by atoms with Crippen LogP contribution in [-0.2, 0) is 4.79 Å². The summed E-state index contributed by atoms with van der Waals surface area (Å²) in [5, 5.41) is 0. The summed E-state index contributed by atoms with van der Waals surface area (Å²) in [6.07, 6.45) is 6.13. The zero-order valence-electron chi connectivity index (χ0n) is 8.80. The number of carbonyl (C=O) groups excluding carboxylic acids is 1. The molecule has 0 amide bonds. The fourth-order valence-electron chi connectivity index (χ4n) is 2.83. The second kappa shape index (κ2) is 3.99. The second-order valence-electron chi connectivity index (χ2n) is 4.54. The highest BCUT2D eigenvalue weighted by Gasteiger charge is 2.52. The molecule has 1 unspecified atom stereocenters. The van der Waals surface area contributed by atoms with Gasteiger partial charge in [0.2, 0.25) is 0 Å². The number of Topliss-reactive ketones (excluding diaryl/α,β-unsaturated/α-hetero) is 1. The molecule has 0 saturated carbocycles. The number of ketones is 1. The van der Waals surface area contributed by atoms with Gasteiger partial charge in [0, 0.05) is 13.0 Å². The Morgan fingerprint density at radius 3 is 2.71 bits per heavy atom. The zero-order chi connectivity index (χ0) is 10.0. The largest absolute Gasteiger partial charge is 0.330 e. The minimum Gasteiger partial charge on any atom is -0.330 e. The smallest absolute Gasteiger partial charge is 0.153 e. The zero-order valence-corrected chi connectivity index (χ0v) is 8.80. The molecule has 1 atom stereocenters. The Bertz CT molecular complexity index is 229. The molecule has 0 aromatic rings. The molecule has 2 fully saturated rings. The Morgan fingerprint density at radius 2 is 2.14 bits per heavy atom. The molecule has 14 heavy (non-hydrogen) atoms. The van der Waals surface area contributed by atoms with Crippen LogP contribution in [0.1, 0.15) is 38.5 Å². The number of rotatable bonds is 5. The average Bonchev–Trinajstić information content (AvgIpc) is 2.43. The van der Waals surface area contributed by atoms with Crippen molar-refractivity contribution in [1.29, 1.82) is 0 Å². The van der Waals surface area contributed by atoms with Crippen LogP contribution in [0, 0.1) is 0 Å². The number of hydrogen-bond donors (Lipinski definition) is 1. The van der Waals surface area contributed by atoms with Gasteiger partial charge >= 0.3 is 0 Å². The highest BCUT2D eigenvalue weighted by atomic mass is 16.1. The number of nitrogens with zero attached hydrogens (tertiary/aromatic N) is 1. The number of fused-ring (bicyclic) bond motifs is 1. The van der Waals surface area contributed by atoms with Crippen LogP contribution in [-0.4, -0.2) is 35.9 Å². The lowest BCUT2D eigenvalue weighted by atomic mass is 9.79. The molecule has 0 aliphatic carbocycles. The van der Waals surface area contributed by atoms with Gasteiger partial charge in [-0.05, 0) is 45.2 Å². The van der Waals surface area contributed by atoms with E-state index in [-0.39, 0.29) is 5.54 Å². The molecular formula is C11H20N2O. The van der Waals surface area contributed by atoms with Crippen molar-refractivity contribution in [2.45, 2.75) is 44.1 Å². The van der Waals surface area contributed by atoms with E-state index in [9.17, 15) is 4.79 Å². The lowest BCUT2D eigenvalue weighted by Crippen LogP contribution is -2.60. The Morgan fingerprint density at radius 1 is 1.29 bits per heavy atom. The molecule has 2 aliphatic rings. The minimum atomic E-state index is -0.00536. The Balaban J connectivity index is 1.85. The lowest BCUT2D eigenvalue weighted by molar-refractivity contribution is -0.136. The number of hydrogen-bond acceptors (Lipinski definition) is 3. The van der Waals surface area contributed by atoms with Crippen LogP contribution in [0.2, 0.25) is 0 Å². The van der Waals surface area contributed by atoms with E-state index < -0.39 is 0 Å². The number of unbranched alkanes of at least 4 members (excludes halogenated alkanes) is 1. The van der Waals surface area contributed by atoms with Gasteiger partial charge in [-0.2, -0.15) is 0 Å². The second-order valence-corrected chi connectivity index (χ2v) is 4.54. The summed E-state index contributed by atoms with van der Waals surface area (Å²) in [5.74, 6) is 0.481. The van der Waals surface area contributed by atoms with E-state index in [4.69, 9.17) is 5.73 Å². The van der Waals surface area contributed by atoms with E-state index in [1.807, 2.05) is 0 Å². The predicted octanol–water partition coefficient (Wildman–Crippen LogP) is 0.923. The van der Waals surface area contributed by atoms with Gasteiger partial charge in [-0.3, -0.25) is 9.69 Å². The van der Waals surface area contributed by atoms with Crippen LogP contribution in [0.4, 0.5) is 0 Å². The number of nitrogens with two attached hydrogens (primary N) is 1. The van der Waals surface area contributed by atoms with Crippen LogP contribution >= 0.6 is 0 Å². The van der Waals surface area contributed by atoms with Gasteiger partial charge < -0.3 is 5.73 Å². The van der Waals surface area contributed by atoms with Crippen molar-refractivity contribution < 1.29 is 4.79 Å². The highest BCUT2D eigenvalue weighted by Crippen LogP contribution is 2.41. The van der Waals surface area contributed by atoms with Gasteiger partial charge in [0.05, 0.1) is 5.54 Å². The van der Waals surface area contributed by atoms with E-state index in [1.54, 1.807) is 0 Å². The maximum atomic E-state index is 12.0. The van der Waals surface area contributed by atoms with Gasteiger partial charge in [0.25, 0.3) is 0 Å². The molecular weight excluding hydrogens is 176 g/mol. The van der Waals surface area contributed by atoms with E-state index in [0.29, 0.717) is 12.3 Å². The molecule has 80 valence electrons. The Labute approximate surface area is 85.6 Å². The monoisotopic (exact) mass is 196 g/mol. The molecule has 0 aromatic heterocycles. The van der Waals surface area contributed by atoms with E-state index >= 15 is 0 Å². The minimum absolute atomic E-state index is 0.00536. The van der Waals surface area contributed by atoms with Crippen molar-refractivity contribution in [2.75, 3.05) is 19.6 Å². The molecule has 3 nitrogen and oxygen atoms in total. The first-order valence-electron chi connectivity index (χ1n) is 5.78. The third-order valence-electron chi connectivity index (χ3n) is 3.80. The SMILES string of the molecule is NCCCCC(=O)C12CCCN1CC2. The van der Waals surface area contributed by atoms with Crippen molar-refractivity contribution in [1.82, 2.24) is 4.90 Å². The predicted molar refractivity (Wildman–Crippen MR) is 56.1 cm³/mol. The molecule has 2 heterocycles. The molecule has 0 aromatic carbocycles.